The van der Waals surface area contributed by atoms with Gasteiger partial charge < -0.3 is 9.84 Å². The number of hydrogen-bond acceptors (Lipinski definition) is 2. The molecule has 1 aromatic carbocycles. The van der Waals surface area contributed by atoms with Gasteiger partial charge in [0.25, 0.3) is 0 Å². The molecule has 1 rings (SSSR count). The minimum Gasteiger partial charge on any atom is -0.479 e. The number of carboxylic acid groups (broad SMARTS) is 1. The maximum Gasteiger partial charge on any atom is 0.344 e. The maximum absolute atomic E-state index is 13.0. The van der Waals surface area contributed by atoms with Crippen LogP contribution in [0.5, 0.6) is 5.75 Å². The van der Waals surface area contributed by atoms with Crippen LogP contribution in [0.3, 0.4) is 0 Å². The lowest BCUT2D eigenvalue weighted by Gasteiger charge is -2.14. The average molecular weight is 233 g/mol. The Hall–Kier alpha value is -1.29. The lowest BCUT2D eigenvalue weighted by molar-refractivity contribution is -0.145. The van der Waals surface area contributed by atoms with E-state index in [4.69, 9.17) is 21.4 Å². The topological polar surface area (TPSA) is 46.5 Å². The number of rotatable bonds is 4. The van der Waals surface area contributed by atoms with Gasteiger partial charge in [0.05, 0.1) is 0 Å². The van der Waals surface area contributed by atoms with Crippen molar-refractivity contribution in [1.82, 2.24) is 0 Å². The molecule has 0 heterocycles. The van der Waals surface area contributed by atoms with Gasteiger partial charge in [-0.25, -0.2) is 9.18 Å². The van der Waals surface area contributed by atoms with E-state index < -0.39 is 17.9 Å². The van der Waals surface area contributed by atoms with E-state index in [1.54, 1.807) is 6.92 Å². The van der Waals surface area contributed by atoms with Crippen LogP contribution >= 0.6 is 11.6 Å². The van der Waals surface area contributed by atoms with Crippen LogP contribution in [0.4, 0.5) is 4.39 Å². The molecule has 0 saturated carbocycles. The van der Waals surface area contributed by atoms with E-state index in [0.717, 1.165) is 0 Å². The molecule has 0 amide bonds. The normalized spacial score (nSPS) is 12.2. The first kappa shape index (κ1) is 11.8. The molecule has 0 aliphatic rings. The van der Waals surface area contributed by atoms with E-state index in [2.05, 4.69) is 0 Å². The largest absolute Gasteiger partial charge is 0.479 e. The second-order valence-electron chi connectivity index (χ2n) is 2.90. The van der Waals surface area contributed by atoms with Crippen molar-refractivity contribution in [2.24, 2.45) is 0 Å². The van der Waals surface area contributed by atoms with Gasteiger partial charge in [0.1, 0.15) is 16.6 Å². The highest BCUT2D eigenvalue weighted by Crippen LogP contribution is 2.27. The second kappa shape index (κ2) is 4.98. The third-order valence-electron chi connectivity index (χ3n) is 1.83. The molecule has 0 aliphatic carbocycles. The highest BCUT2D eigenvalue weighted by atomic mass is 35.5. The van der Waals surface area contributed by atoms with Gasteiger partial charge in [0.15, 0.2) is 6.10 Å². The van der Waals surface area contributed by atoms with Gasteiger partial charge in [-0.15, -0.1) is 0 Å². The van der Waals surface area contributed by atoms with Crippen molar-refractivity contribution < 1.29 is 19.0 Å². The Morgan fingerprint density at radius 1 is 1.67 bits per heavy atom. The minimum absolute atomic E-state index is 0.0471. The molecular formula is C10H10ClFO3. The zero-order valence-electron chi connectivity index (χ0n) is 8.04. The third kappa shape index (κ3) is 2.83. The molecule has 1 aromatic rings. The molecule has 0 aliphatic heterocycles. The number of carboxylic acids is 1. The summed E-state index contributed by atoms with van der Waals surface area (Å²) in [7, 11) is 0. The van der Waals surface area contributed by atoms with Crippen molar-refractivity contribution in [3.8, 4) is 5.75 Å². The molecule has 0 aromatic heterocycles. The van der Waals surface area contributed by atoms with Gasteiger partial charge in [-0.1, -0.05) is 24.6 Å². The number of aliphatic carboxylic acids is 1. The lowest BCUT2D eigenvalue weighted by atomic mass is 10.2. The lowest BCUT2D eigenvalue weighted by Crippen LogP contribution is -2.26. The summed E-state index contributed by atoms with van der Waals surface area (Å²) in [6.45, 7) is 1.66. The van der Waals surface area contributed by atoms with Crippen LogP contribution in [-0.2, 0) is 4.79 Å². The SMILES string of the molecule is CCC(Oc1cccc(F)c1Cl)C(=O)O. The van der Waals surface area contributed by atoms with E-state index >= 15 is 0 Å². The van der Waals surface area contributed by atoms with Crippen LogP contribution in [0.15, 0.2) is 18.2 Å². The van der Waals surface area contributed by atoms with Crippen molar-refractivity contribution in [3.63, 3.8) is 0 Å². The van der Waals surface area contributed by atoms with Crippen molar-refractivity contribution in [3.05, 3.63) is 29.0 Å². The molecule has 0 bridgehead atoms. The minimum atomic E-state index is -1.10. The molecule has 0 fully saturated rings. The first-order valence-electron chi connectivity index (χ1n) is 4.39. The molecule has 1 atom stereocenters. The molecular weight excluding hydrogens is 223 g/mol. The third-order valence-corrected chi connectivity index (χ3v) is 2.20. The first-order chi connectivity index (χ1) is 7.06. The molecule has 82 valence electrons. The van der Waals surface area contributed by atoms with Crippen molar-refractivity contribution in [2.45, 2.75) is 19.4 Å². The molecule has 1 N–H and O–H groups in total. The van der Waals surface area contributed by atoms with Gasteiger partial charge in [-0.3, -0.25) is 0 Å². The number of halogens is 2. The summed E-state index contributed by atoms with van der Waals surface area (Å²) in [6, 6.07) is 4.01. The van der Waals surface area contributed by atoms with Gasteiger partial charge in [0, 0.05) is 0 Å². The van der Waals surface area contributed by atoms with Crippen molar-refractivity contribution in [2.75, 3.05) is 0 Å². The standard InChI is InChI=1S/C10H10ClFO3/c1-2-7(10(13)14)15-8-5-3-4-6(12)9(8)11/h3-5,7H,2H2,1H3,(H,13,14). The summed E-state index contributed by atoms with van der Waals surface area (Å²) in [5, 5.41) is 8.54. The Balaban J connectivity index is 2.88. The molecule has 0 spiro atoms. The van der Waals surface area contributed by atoms with Gasteiger partial charge >= 0.3 is 5.97 Å². The quantitative estimate of drug-likeness (QED) is 0.868. The summed E-state index contributed by atoms with van der Waals surface area (Å²) in [4.78, 5) is 10.7. The monoisotopic (exact) mass is 232 g/mol. The maximum atomic E-state index is 13.0. The number of hydrogen-bond donors (Lipinski definition) is 1. The van der Waals surface area contributed by atoms with Crippen LogP contribution in [-0.4, -0.2) is 17.2 Å². The highest BCUT2D eigenvalue weighted by Gasteiger charge is 2.18. The Bertz CT molecular complexity index is 368. The van der Waals surface area contributed by atoms with Crippen LogP contribution in [0.2, 0.25) is 5.02 Å². The summed E-state index contributed by atoms with van der Waals surface area (Å²) in [5.74, 6) is -1.68. The smallest absolute Gasteiger partial charge is 0.344 e. The Morgan fingerprint density at radius 2 is 2.33 bits per heavy atom. The highest BCUT2D eigenvalue weighted by molar-refractivity contribution is 6.32. The Morgan fingerprint density at radius 3 is 2.87 bits per heavy atom. The summed E-state index contributed by atoms with van der Waals surface area (Å²) >= 11 is 5.61. The molecule has 5 heteroatoms. The fourth-order valence-corrected chi connectivity index (χ4v) is 1.21. The van der Waals surface area contributed by atoms with Crippen molar-refractivity contribution >= 4 is 17.6 Å². The zero-order valence-corrected chi connectivity index (χ0v) is 8.79. The van der Waals surface area contributed by atoms with Crippen molar-refractivity contribution in [1.29, 1.82) is 0 Å². The van der Waals surface area contributed by atoms with Crippen LogP contribution < -0.4 is 4.74 Å². The van der Waals surface area contributed by atoms with Gasteiger partial charge in [-0.05, 0) is 18.6 Å². The second-order valence-corrected chi connectivity index (χ2v) is 3.28. The van der Waals surface area contributed by atoms with E-state index in [-0.39, 0.29) is 17.2 Å². The number of benzene rings is 1. The van der Waals surface area contributed by atoms with E-state index in [0.29, 0.717) is 0 Å². The van der Waals surface area contributed by atoms with Crippen LogP contribution in [0.25, 0.3) is 0 Å². The fourth-order valence-electron chi connectivity index (χ4n) is 1.04. The van der Waals surface area contributed by atoms with E-state index in [9.17, 15) is 9.18 Å². The zero-order chi connectivity index (χ0) is 11.4. The summed E-state index contributed by atoms with van der Waals surface area (Å²) in [5.41, 5.74) is 0. The predicted octanol–water partition coefficient (Wildman–Crippen LogP) is 2.72. The van der Waals surface area contributed by atoms with E-state index in [1.165, 1.54) is 18.2 Å². The Labute approximate surface area is 91.4 Å². The van der Waals surface area contributed by atoms with Gasteiger partial charge in [0.2, 0.25) is 0 Å². The Kier molecular flexibility index (Phi) is 3.91. The van der Waals surface area contributed by atoms with Gasteiger partial charge in [-0.2, -0.15) is 0 Å². The van der Waals surface area contributed by atoms with Crippen LogP contribution in [0, 0.1) is 5.82 Å². The average Bonchev–Trinajstić information content (AvgIpc) is 2.19. The summed E-state index contributed by atoms with van der Waals surface area (Å²) < 4.78 is 18.0. The number of carbonyl (C=O) groups is 1. The molecule has 15 heavy (non-hydrogen) atoms. The summed E-state index contributed by atoms with van der Waals surface area (Å²) in [6.07, 6.45) is -0.730. The molecule has 0 radical (unpaired) electrons. The first-order valence-corrected chi connectivity index (χ1v) is 4.77. The van der Waals surface area contributed by atoms with Crippen LogP contribution in [0.1, 0.15) is 13.3 Å². The molecule has 1 unspecified atom stereocenters. The molecule has 3 nitrogen and oxygen atoms in total. The molecule has 0 saturated heterocycles. The number of ether oxygens (including phenoxy) is 1. The fraction of sp³-hybridized carbons (Fsp3) is 0.300. The van der Waals surface area contributed by atoms with E-state index in [1.807, 2.05) is 0 Å². The predicted molar refractivity (Wildman–Crippen MR) is 53.8 cm³/mol.